The van der Waals surface area contributed by atoms with Crippen LogP contribution < -0.4 is 5.73 Å². The molecule has 0 spiro atoms. The lowest BCUT2D eigenvalue weighted by Crippen LogP contribution is -2.42. The van der Waals surface area contributed by atoms with Gasteiger partial charge in [0.2, 0.25) is 0 Å². The summed E-state index contributed by atoms with van der Waals surface area (Å²) in [6.45, 7) is 2.08. The Bertz CT molecular complexity index is 602. The Hall–Kier alpha value is -1.10. The van der Waals surface area contributed by atoms with E-state index in [0.717, 1.165) is 47.9 Å². The van der Waals surface area contributed by atoms with Gasteiger partial charge >= 0.3 is 0 Å². The number of hydrogen-bond acceptors (Lipinski definition) is 3. The second-order valence-electron chi connectivity index (χ2n) is 5.20. The SMILES string of the molecule is Cn1c(C2(CN)CCOCC2)nc2cccc(Cl)c21. The summed E-state index contributed by atoms with van der Waals surface area (Å²) in [5.41, 5.74) is 7.89. The van der Waals surface area contributed by atoms with E-state index in [2.05, 4.69) is 4.57 Å². The number of nitrogens with two attached hydrogens (primary N) is 1. The van der Waals surface area contributed by atoms with Crippen LogP contribution >= 0.6 is 11.6 Å². The standard InChI is InChI=1S/C14H18ClN3O/c1-18-12-10(15)3-2-4-11(12)17-13(18)14(9-16)5-7-19-8-6-14/h2-4H,5-9,16H2,1H3. The molecule has 1 aromatic carbocycles. The van der Waals surface area contributed by atoms with Crippen molar-refractivity contribution in [3.63, 3.8) is 0 Å². The second-order valence-corrected chi connectivity index (χ2v) is 5.61. The number of aromatic nitrogens is 2. The molecule has 2 aromatic rings. The lowest BCUT2D eigenvalue weighted by molar-refractivity contribution is 0.0492. The van der Waals surface area contributed by atoms with E-state index in [0.29, 0.717) is 6.54 Å². The normalized spacial score (nSPS) is 18.9. The molecule has 5 heteroatoms. The average Bonchev–Trinajstić information content (AvgIpc) is 2.79. The van der Waals surface area contributed by atoms with Crippen LogP contribution in [0.3, 0.4) is 0 Å². The molecule has 19 heavy (non-hydrogen) atoms. The molecule has 102 valence electrons. The van der Waals surface area contributed by atoms with Gasteiger partial charge in [-0.25, -0.2) is 4.98 Å². The van der Waals surface area contributed by atoms with Crippen LogP contribution in [0.15, 0.2) is 18.2 Å². The van der Waals surface area contributed by atoms with Crippen LogP contribution in [0.1, 0.15) is 18.7 Å². The minimum absolute atomic E-state index is 0.0879. The highest BCUT2D eigenvalue weighted by Crippen LogP contribution is 2.36. The van der Waals surface area contributed by atoms with Crippen molar-refractivity contribution in [1.29, 1.82) is 0 Å². The molecule has 0 amide bonds. The minimum Gasteiger partial charge on any atom is -0.381 e. The van der Waals surface area contributed by atoms with Gasteiger partial charge < -0.3 is 15.0 Å². The number of halogens is 1. The Morgan fingerprint density at radius 2 is 2.16 bits per heavy atom. The third-order valence-electron chi connectivity index (χ3n) is 4.16. The number of fused-ring (bicyclic) bond motifs is 1. The van der Waals surface area contributed by atoms with Crippen LogP contribution in [0.4, 0.5) is 0 Å². The molecule has 0 bridgehead atoms. The number of para-hydroxylation sites is 1. The highest BCUT2D eigenvalue weighted by molar-refractivity contribution is 6.35. The molecule has 1 aromatic heterocycles. The summed E-state index contributed by atoms with van der Waals surface area (Å²) < 4.78 is 7.56. The van der Waals surface area contributed by atoms with Crippen LogP contribution in [-0.4, -0.2) is 29.3 Å². The molecular weight excluding hydrogens is 262 g/mol. The third-order valence-corrected chi connectivity index (χ3v) is 4.46. The van der Waals surface area contributed by atoms with Gasteiger partial charge in [0.1, 0.15) is 5.82 Å². The smallest absolute Gasteiger partial charge is 0.117 e. The molecule has 4 nitrogen and oxygen atoms in total. The van der Waals surface area contributed by atoms with Gasteiger partial charge in [-0.05, 0) is 25.0 Å². The van der Waals surface area contributed by atoms with E-state index in [4.69, 9.17) is 27.1 Å². The molecule has 1 fully saturated rings. The van der Waals surface area contributed by atoms with Crippen molar-refractivity contribution in [2.45, 2.75) is 18.3 Å². The molecule has 0 atom stereocenters. The molecule has 0 radical (unpaired) electrons. The molecule has 0 aliphatic carbocycles. The molecule has 1 aliphatic rings. The quantitative estimate of drug-likeness (QED) is 0.917. The molecule has 2 N–H and O–H groups in total. The van der Waals surface area contributed by atoms with Crippen molar-refractivity contribution in [3.05, 3.63) is 29.0 Å². The van der Waals surface area contributed by atoms with Gasteiger partial charge in [0, 0.05) is 32.2 Å². The van der Waals surface area contributed by atoms with Crippen molar-refractivity contribution in [2.75, 3.05) is 19.8 Å². The zero-order chi connectivity index (χ0) is 13.5. The topological polar surface area (TPSA) is 53.1 Å². The monoisotopic (exact) mass is 279 g/mol. The fourth-order valence-electron chi connectivity index (χ4n) is 2.98. The van der Waals surface area contributed by atoms with E-state index in [9.17, 15) is 0 Å². The predicted molar refractivity (Wildman–Crippen MR) is 76.5 cm³/mol. The van der Waals surface area contributed by atoms with Gasteiger partial charge in [-0.3, -0.25) is 0 Å². The van der Waals surface area contributed by atoms with Gasteiger partial charge in [0.15, 0.2) is 0 Å². The first-order valence-electron chi connectivity index (χ1n) is 6.57. The van der Waals surface area contributed by atoms with E-state index < -0.39 is 0 Å². The van der Waals surface area contributed by atoms with Crippen LogP contribution in [0, 0.1) is 0 Å². The van der Waals surface area contributed by atoms with Crippen LogP contribution in [0.25, 0.3) is 11.0 Å². The van der Waals surface area contributed by atoms with Gasteiger partial charge in [0.25, 0.3) is 0 Å². The van der Waals surface area contributed by atoms with Gasteiger partial charge in [0.05, 0.1) is 16.1 Å². The number of ether oxygens (including phenoxy) is 1. The first-order valence-corrected chi connectivity index (χ1v) is 6.95. The Labute approximate surface area is 117 Å². The number of rotatable bonds is 2. The fourth-order valence-corrected chi connectivity index (χ4v) is 3.27. The van der Waals surface area contributed by atoms with Crippen LogP contribution in [0.5, 0.6) is 0 Å². The summed E-state index contributed by atoms with van der Waals surface area (Å²) in [5, 5.41) is 0.734. The zero-order valence-electron chi connectivity index (χ0n) is 11.0. The van der Waals surface area contributed by atoms with E-state index in [1.807, 2.05) is 25.2 Å². The van der Waals surface area contributed by atoms with E-state index in [-0.39, 0.29) is 5.41 Å². The van der Waals surface area contributed by atoms with Crippen LogP contribution in [0.2, 0.25) is 5.02 Å². The third kappa shape index (κ3) is 1.95. The molecule has 1 aliphatic heterocycles. The molecular formula is C14H18ClN3O. The summed E-state index contributed by atoms with van der Waals surface area (Å²) in [4.78, 5) is 4.78. The average molecular weight is 280 g/mol. The summed E-state index contributed by atoms with van der Waals surface area (Å²) in [6.07, 6.45) is 1.83. The Balaban J connectivity index is 2.19. The van der Waals surface area contributed by atoms with Crippen molar-refractivity contribution < 1.29 is 4.74 Å². The molecule has 2 heterocycles. The maximum Gasteiger partial charge on any atom is 0.117 e. The van der Waals surface area contributed by atoms with Crippen molar-refractivity contribution >= 4 is 22.6 Å². The summed E-state index contributed by atoms with van der Waals surface area (Å²) in [7, 11) is 2.02. The first-order chi connectivity index (χ1) is 9.18. The number of nitrogens with zero attached hydrogens (tertiary/aromatic N) is 2. The zero-order valence-corrected chi connectivity index (χ0v) is 11.8. The molecule has 1 saturated heterocycles. The van der Waals surface area contributed by atoms with Gasteiger partial charge in [-0.1, -0.05) is 17.7 Å². The lowest BCUT2D eigenvalue weighted by atomic mass is 9.79. The molecule has 0 unspecified atom stereocenters. The number of hydrogen-bond donors (Lipinski definition) is 1. The first kappa shape index (κ1) is 12.9. The van der Waals surface area contributed by atoms with E-state index >= 15 is 0 Å². The van der Waals surface area contributed by atoms with Gasteiger partial charge in [-0.2, -0.15) is 0 Å². The number of benzene rings is 1. The molecule has 3 rings (SSSR count). The number of aryl methyl sites for hydroxylation is 1. The van der Waals surface area contributed by atoms with E-state index in [1.165, 1.54) is 0 Å². The van der Waals surface area contributed by atoms with Crippen molar-refractivity contribution in [3.8, 4) is 0 Å². The van der Waals surface area contributed by atoms with Gasteiger partial charge in [-0.15, -0.1) is 0 Å². The fraction of sp³-hybridized carbons (Fsp3) is 0.500. The predicted octanol–water partition coefficient (Wildman–Crippen LogP) is 2.23. The molecule has 0 saturated carbocycles. The lowest BCUT2D eigenvalue weighted by Gasteiger charge is -2.35. The maximum atomic E-state index is 6.29. The summed E-state index contributed by atoms with van der Waals surface area (Å²) in [6, 6.07) is 5.82. The second kappa shape index (κ2) is 4.78. The summed E-state index contributed by atoms with van der Waals surface area (Å²) >= 11 is 6.29. The largest absolute Gasteiger partial charge is 0.381 e. The Morgan fingerprint density at radius 1 is 1.42 bits per heavy atom. The van der Waals surface area contributed by atoms with Crippen molar-refractivity contribution in [2.24, 2.45) is 12.8 Å². The van der Waals surface area contributed by atoms with E-state index in [1.54, 1.807) is 0 Å². The highest BCUT2D eigenvalue weighted by Gasteiger charge is 2.37. The Morgan fingerprint density at radius 3 is 2.79 bits per heavy atom. The van der Waals surface area contributed by atoms with Crippen LogP contribution in [-0.2, 0) is 17.2 Å². The number of imidazole rings is 1. The minimum atomic E-state index is -0.0879. The van der Waals surface area contributed by atoms with Crippen molar-refractivity contribution in [1.82, 2.24) is 9.55 Å². The Kier molecular flexibility index (Phi) is 3.25. The summed E-state index contributed by atoms with van der Waals surface area (Å²) in [5.74, 6) is 1.03. The maximum absolute atomic E-state index is 6.29. The highest BCUT2D eigenvalue weighted by atomic mass is 35.5.